The van der Waals surface area contributed by atoms with Gasteiger partial charge in [0.15, 0.2) is 0 Å². The Hall–Kier alpha value is -3.76. The number of pyridine rings is 1. The summed E-state index contributed by atoms with van der Waals surface area (Å²) in [6, 6.07) is 9.60. The molecule has 4 rings (SSSR count). The van der Waals surface area contributed by atoms with Crippen LogP contribution >= 0.6 is 0 Å². The van der Waals surface area contributed by atoms with Gasteiger partial charge >= 0.3 is 5.97 Å². The molecule has 4 aromatic rings. The van der Waals surface area contributed by atoms with E-state index in [2.05, 4.69) is 25.8 Å². The normalized spacial score (nSPS) is 11.2. The van der Waals surface area contributed by atoms with E-state index in [-0.39, 0.29) is 6.61 Å². The topological polar surface area (TPSA) is 127 Å². The number of aryl methyl sites for hydroxylation is 1. The van der Waals surface area contributed by atoms with E-state index in [9.17, 15) is 9.90 Å². The molecule has 0 saturated heterocycles. The summed E-state index contributed by atoms with van der Waals surface area (Å²) in [6.45, 7) is 5.45. The summed E-state index contributed by atoms with van der Waals surface area (Å²) in [6.07, 6.45) is 1.77. The molecular formula is C24H28N6O4. The van der Waals surface area contributed by atoms with Crippen LogP contribution in [0.1, 0.15) is 34.6 Å². The average Bonchev–Trinajstić information content (AvgIpc) is 3.41. The zero-order chi connectivity index (χ0) is 24.1. The highest BCUT2D eigenvalue weighted by Crippen LogP contribution is 2.26. The van der Waals surface area contributed by atoms with Crippen LogP contribution in [0, 0.1) is 6.92 Å². The van der Waals surface area contributed by atoms with Crippen LogP contribution in [0.4, 0.5) is 5.82 Å². The number of hydrogen-bond donors (Lipinski definition) is 3. The molecular weight excluding hydrogens is 436 g/mol. The van der Waals surface area contributed by atoms with E-state index < -0.39 is 5.97 Å². The summed E-state index contributed by atoms with van der Waals surface area (Å²) in [5, 5.41) is 22.4. The fourth-order valence-electron chi connectivity index (χ4n) is 3.82. The monoisotopic (exact) mass is 464 g/mol. The lowest BCUT2D eigenvalue weighted by molar-refractivity contribution is 0.0515. The van der Waals surface area contributed by atoms with Gasteiger partial charge in [0.05, 0.1) is 13.2 Å². The van der Waals surface area contributed by atoms with Gasteiger partial charge in [0.25, 0.3) is 0 Å². The fourth-order valence-corrected chi connectivity index (χ4v) is 3.82. The molecule has 0 bridgehead atoms. The number of ether oxygens (including phenoxy) is 1. The number of hydrogen-bond acceptors (Lipinski definition) is 9. The van der Waals surface area contributed by atoms with Crippen molar-refractivity contribution in [1.29, 1.82) is 0 Å². The van der Waals surface area contributed by atoms with Gasteiger partial charge in [0.2, 0.25) is 11.7 Å². The third kappa shape index (κ3) is 4.92. The second-order valence-electron chi connectivity index (χ2n) is 7.78. The number of anilines is 1. The molecule has 0 fully saturated rings. The van der Waals surface area contributed by atoms with Crippen molar-refractivity contribution in [2.45, 2.75) is 27.0 Å². The van der Waals surface area contributed by atoms with Crippen LogP contribution in [-0.4, -0.2) is 50.5 Å². The van der Waals surface area contributed by atoms with Crippen molar-refractivity contribution in [2.24, 2.45) is 7.05 Å². The third-order valence-electron chi connectivity index (χ3n) is 5.54. The summed E-state index contributed by atoms with van der Waals surface area (Å²) in [5.74, 6) is 1.42. The van der Waals surface area contributed by atoms with E-state index in [1.54, 1.807) is 37.7 Å². The van der Waals surface area contributed by atoms with E-state index in [1.807, 2.05) is 24.3 Å². The van der Waals surface area contributed by atoms with Gasteiger partial charge in [-0.15, -0.1) is 0 Å². The summed E-state index contributed by atoms with van der Waals surface area (Å²) in [7, 11) is 1.80. The molecule has 0 spiro atoms. The van der Waals surface area contributed by atoms with Crippen LogP contribution in [0.15, 0.2) is 41.1 Å². The molecule has 0 aliphatic rings. The van der Waals surface area contributed by atoms with Crippen molar-refractivity contribution in [3.63, 3.8) is 0 Å². The van der Waals surface area contributed by atoms with E-state index in [4.69, 9.17) is 9.26 Å². The van der Waals surface area contributed by atoms with Gasteiger partial charge < -0.3 is 29.6 Å². The number of aromatic nitrogens is 4. The van der Waals surface area contributed by atoms with E-state index in [0.717, 1.165) is 27.8 Å². The molecule has 3 heterocycles. The zero-order valence-electron chi connectivity index (χ0n) is 19.5. The van der Waals surface area contributed by atoms with E-state index in [0.29, 0.717) is 49.2 Å². The number of rotatable bonds is 10. The minimum atomic E-state index is -0.398. The second-order valence-corrected chi connectivity index (χ2v) is 7.78. The van der Waals surface area contributed by atoms with Gasteiger partial charge in [-0.1, -0.05) is 17.3 Å². The predicted molar refractivity (Wildman–Crippen MR) is 127 cm³/mol. The Morgan fingerprint density at radius 2 is 2.09 bits per heavy atom. The first-order chi connectivity index (χ1) is 16.5. The van der Waals surface area contributed by atoms with Crippen LogP contribution in [0.5, 0.6) is 0 Å². The van der Waals surface area contributed by atoms with Gasteiger partial charge in [-0.2, -0.15) is 4.98 Å². The lowest BCUT2D eigenvalue weighted by atomic mass is 10.1. The first-order valence-electron chi connectivity index (χ1n) is 11.1. The van der Waals surface area contributed by atoms with Crippen LogP contribution in [-0.2, 0) is 24.9 Å². The highest BCUT2D eigenvalue weighted by molar-refractivity contribution is 5.94. The summed E-state index contributed by atoms with van der Waals surface area (Å²) in [5.41, 5.74) is 2.82. The molecule has 1 aromatic carbocycles. The Morgan fingerprint density at radius 3 is 2.82 bits per heavy atom. The number of aliphatic hydroxyl groups excluding tert-OH is 1. The maximum atomic E-state index is 12.1. The molecule has 3 aromatic heterocycles. The lowest BCUT2D eigenvalue weighted by Gasteiger charge is -2.12. The third-order valence-corrected chi connectivity index (χ3v) is 5.54. The average molecular weight is 465 g/mol. The molecule has 3 N–H and O–H groups in total. The van der Waals surface area contributed by atoms with E-state index >= 15 is 0 Å². The van der Waals surface area contributed by atoms with Gasteiger partial charge in [0.1, 0.15) is 11.5 Å². The highest BCUT2D eigenvalue weighted by atomic mass is 16.5. The molecule has 0 aliphatic heterocycles. The molecule has 0 amide bonds. The van der Waals surface area contributed by atoms with Crippen molar-refractivity contribution >= 4 is 22.6 Å². The first-order valence-corrected chi connectivity index (χ1v) is 11.1. The van der Waals surface area contributed by atoms with Gasteiger partial charge in [-0.25, -0.2) is 9.78 Å². The van der Waals surface area contributed by atoms with Crippen molar-refractivity contribution < 1.29 is 19.2 Å². The fraction of sp³-hybridized carbons (Fsp3) is 0.333. The van der Waals surface area contributed by atoms with Crippen LogP contribution in [0.25, 0.3) is 22.2 Å². The number of nitrogens with zero attached hydrogens (tertiary/aromatic N) is 4. The van der Waals surface area contributed by atoms with E-state index in [1.165, 1.54) is 0 Å². The predicted octanol–water partition coefficient (Wildman–Crippen LogP) is 2.80. The number of carbonyl (C=O) groups is 1. The highest BCUT2D eigenvalue weighted by Gasteiger charge is 2.18. The molecule has 34 heavy (non-hydrogen) atoms. The quantitative estimate of drug-likeness (QED) is 0.240. The molecule has 0 atom stereocenters. The van der Waals surface area contributed by atoms with Crippen molar-refractivity contribution in [3.05, 3.63) is 59.4 Å². The maximum absolute atomic E-state index is 12.1. The molecule has 10 heteroatoms. The molecule has 10 nitrogen and oxygen atoms in total. The number of nitrogens with one attached hydrogen (secondary N) is 2. The van der Waals surface area contributed by atoms with Crippen LogP contribution < -0.4 is 10.6 Å². The Balaban J connectivity index is 1.40. The largest absolute Gasteiger partial charge is 0.461 e. The Kier molecular flexibility index (Phi) is 7.19. The molecule has 0 unspecified atom stereocenters. The Labute approximate surface area is 197 Å². The van der Waals surface area contributed by atoms with Crippen molar-refractivity contribution in [3.8, 4) is 11.4 Å². The standard InChI is InChI=1S/C24H28N6O4/c1-4-33-24(32)20-12-18(14-31)21(30(20)3)13-25-9-10-27-23-19-11-17(22-28-15(2)34-29-22)6-5-16(19)7-8-26-23/h5-8,11-12,25,31H,4,9-10,13-14H2,1-3H3,(H,26,27). The second kappa shape index (κ2) is 10.4. The van der Waals surface area contributed by atoms with Crippen molar-refractivity contribution in [2.75, 3.05) is 25.0 Å². The molecule has 178 valence electrons. The lowest BCUT2D eigenvalue weighted by Crippen LogP contribution is -2.24. The van der Waals surface area contributed by atoms with Gasteiger partial charge in [-0.05, 0) is 30.5 Å². The Bertz CT molecular complexity index is 1300. The number of fused-ring (bicyclic) bond motifs is 1. The molecule has 0 aliphatic carbocycles. The van der Waals surface area contributed by atoms with Crippen LogP contribution in [0.3, 0.4) is 0 Å². The molecule has 0 radical (unpaired) electrons. The summed E-state index contributed by atoms with van der Waals surface area (Å²) < 4.78 is 12.0. The number of aliphatic hydroxyl groups is 1. The van der Waals surface area contributed by atoms with Gasteiger partial charge in [0, 0.05) is 62.0 Å². The minimum Gasteiger partial charge on any atom is -0.461 e. The zero-order valence-corrected chi connectivity index (χ0v) is 19.5. The maximum Gasteiger partial charge on any atom is 0.354 e. The minimum absolute atomic E-state index is 0.148. The van der Waals surface area contributed by atoms with Crippen molar-refractivity contribution in [1.82, 2.24) is 25.0 Å². The summed E-state index contributed by atoms with van der Waals surface area (Å²) in [4.78, 5) is 20.9. The number of esters is 1. The van der Waals surface area contributed by atoms with Crippen LogP contribution in [0.2, 0.25) is 0 Å². The number of carbonyl (C=O) groups excluding carboxylic acids is 1. The SMILES string of the molecule is CCOC(=O)c1cc(CO)c(CNCCNc2nccc3ccc(-c4noc(C)n4)cc23)n1C. The Morgan fingerprint density at radius 1 is 1.24 bits per heavy atom. The molecule has 0 saturated carbocycles. The smallest absolute Gasteiger partial charge is 0.354 e. The number of benzene rings is 1. The van der Waals surface area contributed by atoms with Gasteiger partial charge in [-0.3, -0.25) is 0 Å². The first kappa shape index (κ1) is 23.4. The summed E-state index contributed by atoms with van der Waals surface area (Å²) >= 11 is 0.